The topological polar surface area (TPSA) is 21.6 Å². The Labute approximate surface area is 37.6 Å². The number of rotatable bonds is 0. The Morgan fingerprint density at radius 3 is 3.33 bits per heavy atom. The Bertz CT molecular complexity index is 110. The summed E-state index contributed by atoms with van der Waals surface area (Å²) < 4.78 is 11.4. The molecule has 0 bridgehead atoms. The molecule has 0 aromatic carbocycles. The van der Waals surface area contributed by atoms with Gasteiger partial charge in [-0.2, -0.15) is 0 Å². The van der Waals surface area contributed by atoms with Gasteiger partial charge in [0.25, 0.3) is 0 Å². The fourth-order valence-electron chi connectivity index (χ4n) is 0.236. The average Bonchev–Trinajstić information content (AvgIpc) is 1.69. The molecule has 0 aromatic heterocycles. The highest BCUT2D eigenvalue weighted by atomic mass is 16.5. The van der Waals surface area contributed by atoms with Crippen LogP contribution >= 0.6 is 0 Å². The van der Waals surface area contributed by atoms with Crippen molar-refractivity contribution in [2.75, 3.05) is 6.71 Å². The molecule has 0 saturated heterocycles. The van der Waals surface area contributed by atoms with Crippen molar-refractivity contribution >= 4 is 6.21 Å². The highest BCUT2D eigenvalue weighted by Gasteiger charge is 1.75. The summed E-state index contributed by atoms with van der Waals surface area (Å²) in [6.07, 6.45) is 4.64. The molecule has 0 amide bonds. The van der Waals surface area contributed by atoms with E-state index in [0.29, 0.717) is 0 Å². The molecule has 1 aliphatic rings. The fraction of sp³-hybridized carbons (Fsp3) is 0.250. The molecule has 2 heteroatoms. The van der Waals surface area contributed by atoms with Crippen molar-refractivity contribution in [3.05, 3.63) is 12.3 Å². The van der Waals surface area contributed by atoms with E-state index in [1.807, 2.05) is 0 Å². The molecule has 2 nitrogen and oxygen atoms in total. The number of hydrogen-bond acceptors (Lipinski definition) is 2. The zero-order valence-corrected chi connectivity index (χ0v) is 3.16. The summed E-state index contributed by atoms with van der Waals surface area (Å²) in [5, 5.41) is 0. The molecule has 0 aromatic rings. The average molecular weight is 84.1 g/mol. The van der Waals surface area contributed by atoms with Gasteiger partial charge in [0.15, 0.2) is 6.71 Å². The predicted octanol–water partition coefficient (Wildman–Crippen LogP) is 0.559. The third-order valence-corrected chi connectivity index (χ3v) is 0.451. The summed E-state index contributed by atoms with van der Waals surface area (Å²) in [5.74, 6) is 0. The van der Waals surface area contributed by atoms with E-state index in [1.54, 1.807) is 12.3 Å². The molecule has 1 aliphatic heterocycles. The largest absolute Gasteiger partial charge is 0.479 e. The van der Waals surface area contributed by atoms with E-state index in [0.717, 1.165) is 0 Å². The van der Waals surface area contributed by atoms with Crippen LogP contribution in [0, 0.1) is 0 Å². The summed E-state index contributed by atoms with van der Waals surface area (Å²) in [5.41, 5.74) is 0. The van der Waals surface area contributed by atoms with Crippen molar-refractivity contribution < 1.29 is 6.11 Å². The van der Waals surface area contributed by atoms with E-state index in [2.05, 4.69) is 9.73 Å². The van der Waals surface area contributed by atoms with Gasteiger partial charge in [-0.15, -0.1) is 0 Å². The number of aliphatic imine (C=N–C) groups is 1. The normalized spacial score (nSPS) is 32.0. The summed E-state index contributed by atoms with van der Waals surface area (Å²) in [6, 6.07) is 0. The van der Waals surface area contributed by atoms with Gasteiger partial charge >= 0.3 is 0 Å². The lowest BCUT2D eigenvalue weighted by molar-refractivity contribution is 0.259. The van der Waals surface area contributed by atoms with Crippen LogP contribution in [-0.2, 0) is 4.74 Å². The lowest BCUT2D eigenvalue weighted by atomic mass is 10.7. The molecule has 1 rings (SSSR count). The van der Waals surface area contributed by atoms with Crippen LogP contribution in [0.5, 0.6) is 0 Å². The summed E-state index contributed by atoms with van der Waals surface area (Å²) >= 11 is 0. The third kappa shape index (κ3) is 0.578. The summed E-state index contributed by atoms with van der Waals surface area (Å²) in [7, 11) is 0. The van der Waals surface area contributed by atoms with Gasteiger partial charge in [-0.25, -0.2) is 0 Å². The Balaban J connectivity index is 2.49. The minimum absolute atomic E-state index is 0.731. The van der Waals surface area contributed by atoms with Crippen LogP contribution in [0.4, 0.5) is 0 Å². The van der Waals surface area contributed by atoms with Gasteiger partial charge in [0, 0.05) is 6.21 Å². The highest BCUT2D eigenvalue weighted by Crippen LogP contribution is 1.81. The second-order valence-electron chi connectivity index (χ2n) is 0.868. The van der Waals surface area contributed by atoms with Gasteiger partial charge in [0.2, 0.25) is 0 Å². The van der Waals surface area contributed by atoms with Crippen LogP contribution in [0.25, 0.3) is 0 Å². The van der Waals surface area contributed by atoms with E-state index < -0.39 is 6.71 Å². The Hall–Kier alpha value is -0.790. The minimum Gasteiger partial charge on any atom is -0.479 e. The van der Waals surface area contributed by atoms with Crippen LogP contribution in [0.2, 0.25) is 0 Å². The van der Waals surface area contributed by atoms with Crippen molar-refractivity contribution in [1.29, 1.82) is 0 Å². The van der Waals surface area contributed by atoms with E-state index in [-0.39, 0.29) is 0 Å². The molecule has 32 valence electrons. The molecule has 1 atom stereocenters. The minimum atomic E-state index is -0.731. The standard InChI is InChI=1S/C4H5NO/c1-2-5-4-6-3-1/h1-3H,4H2/i4D. The van der Waals surface area contributed by atoms with Gasteiger partial charge in [-0.05, 0) is 6.08 Å². The van der Waals surface area contributed by atoms with E-state index in [9.17, 15) is 0 Å². The first-order valence-corrected chi connectivity index (χ1v) is 1.65. The molecule has 0 spiro atoms. The Kier molecular flexibility index (Phi) is 0.638. The number of hydrogen-bond donors (Lipinski definition) is 0. The van der Waals surface area contributed by atoms with Crippen molar-refractivity contribution in [1.82, 2.24) is 0 Å². The zero-order chi connectivity index (χ0) is 5.11. The highest BCUT2D eigenvalue weighted by molar-refractivity contribution is 5.70. The Morgan fingerprint density at radius 2 is 3.00 bits per heavy atom. The number of allylic oxidation sites excluding steroid dienone is 1. The van der Waals surface area contributed by atoms with Gasteiger partial charge in [0.1, 0.15) is 0 Å². The van der Waals surface area contributed by atoms with Crippen molar-refractivity contribution in [3.63, 3.8) is 0 Å². The monoisotopic (exact) mass is 84.0 g/mol. The SMILES string of the molecule is [2H]C1N=CC=CO1. The quantitative estimate of drug-likeness (QED) is 0.420. The molecule has 0 radical (unpaired) electrons. The van der Waals surface area contributed by atoms with Crippen molar-refractivity contribution in [3.8, 4) is 0 Å². The van der Waals surface area contributed by atoms with E-state index in [4.69, 9.17) is 1.37 Å². The molecule has 1 heterocycles. The van der Waals surface area contributed by atoms with Gasteiger partial charge in [-0.1, -0.05) is 0 Å². The predicted molar refractivity (Wildman–Crippen MR) is 23.6 cm³/mol. The van der Waals surface area contributed by atoms with Crippen LogP contribution in [-0.4, -0.2) is 12.9 Å². The maximum atomic E-state index is 6.80. The van der Waals surface area contributed by atoms with Crippen LogP contribution in [0.15, 0.2) is 17.3 Å². The number of nitrogens with zero attached hydrogens (tertiary/aromatic N) is 1. The van der Waals surface area contributed by atoms with E-state index in [1.165, 1.54) is 6.26 Å². The summed E-state index contributed by atoms with van der Waals surface area (Å²) in [4.78, 5) is 3.56. The first-order chi connectivity index (χ1) is 3.39. The molecule has 6 heavy (non-hydrogen) atoms. The molecule has 0 N–H and O–H groups in total. The molecule has 0 saturated carbocycles. The van der Waals surface area contributed by atoms with Crippen LogP contribution in [0.3, 0.4) is 0 Å². The van der Waals surface area contributed by atoms with Crippen molar-refractivity contribution in [2.45, 2.75) is 0 Å². The van der Waals surface area contributed by atoms with Gasteiger partial charge in [0.05, 0.1) is 7.63 Å². The van der Waals surface area contributed by atoms with Crippen LogP contribution in [0.1, 0.15) is 1.37 Å². The van der Waals surface area contributed by atoms with Gasteiger partial charge < -0.3 is 4.74 Å². The fourth-order valence-corrected chi connectivity index (χ4v) is 0.236. The maximum absolute atomic E-state index is 6.80. The molecule has 1 unspecified atom stereocenters. The lowest BCUT2D eigenvalue weighted by Gasteiger charge is -1.94. The van der Waals surface area contributed by atoms with Crippen molar-refractivity contribution in [2.24, 2.45) is 4.99 Å². The van der Waals surface area contributed by atoms with Gasteiger partial charge in [-0.3, -0.25) is 4.99 Å². The Morgan fingerprint density at radius 1 is 2.00 bits per heavy atom. The third-order valence-electron chi connectivity index (χ3n) is 0.451. The first-order valence-electron chi connectivity index (χ1n) is 2.23. The molecular weight excluding hydrogens is 78.0 g/mol. The second kappa shape index (κ2) is 1.60. The van der Waals surface area contributed by atoms with E-state index >= 15 is 0 Å². The molecular formula is C4H5NO. The maximum Gasteiger partial charge on any atom is 0.178 e. The second-order valence-corrected chi connectivity index (χ2v) is 0.868. The zero-order valence-electron chi connectivity index (χ0n) is 4.16. The number of ether oxygens (including phenoxy) is 1. The smallest absolute Gasteiger partial charge is 0.178 e. The first kappa shape index (κ1) is 2.39. The molecule has 0 aliphatic carbocycles. The molecule has 0 fully saturated rings. The summed E-state index contributed by atoms with van der Waals surface area (Å²) in [6.45, 7) is -0.731. The lowest BCUT2D eigenvalue weighted by Crippen LogP contribution is -1.86. The van der Waals surface area contributed by atoms with Crippen LogP contribution < -0.4 is 0 Å².